The highest BCUT2D eigenvalue weighted by atomic mass is 19.4. The Labute approximate surface area is 232 Å². The molecule has 4 amide bonds. The number of amides is 4. The SMILES string of the molecule is CC(C)(C)OC(=O)N[C@H](C(=O)N1C[C@H]2[C@@H]([C@H]1C(=O)N[C@@H](CCC(F)(F)F)C(=O)C(N)=O)C2(C)C)C1CCCCC1. The van der Waals surface area contributed by atoms with Crippen LogP contribution in [0.4, 0.5) is 18.0 Å². The smallest absolute Gasteiger partial charge is 0.408 e. The number of carbonyl (C=O) groups excluding carboxylic acids is 5. The van der Waals surface area contributed by atoms with E-state index in [1.807, 2.05) is 13.8 Å². The number of ether oxygens (including phenoxy) is 1. The molecule has 0 spiro atoms. The van der Waals surface area contributed by atoms with E-state index in [4.69, 9.17) is 10.5 Å². The zero-order chi connectivity index (χ0) is 30.2. The molecule has 3 aliphatic rings. The van der Waals surface area contributed by atoms with E-state index in [2.05, 4.69) is 10.6 Å². The molecule has 2 aliphatic carbocycles. The van der Waals surface area contributed by atoms with E-state index in [1.54, 1.807) is 20.8 Å². The molecule has 226 valence electrons. The van der Waals surface area contributed by atoms with Crippen molar-refractivity contribution < 1.29 is 41.9 Å². The van der Waals surface area contributed by atoms with Crippen molar-refractivity contribution in [1.82, 2.24) is 15.5 Å². The monoisotopic (exact) mass is 574 g/mol. The molecule has 2 saturated carbocycles. The van der Waals surface area contributed by atoms with Gasteiger partial charge in [0.1, 0.15) is 17.7 Å². The summed E-state index contributed by atoms with van der Waals surface area (Å²) in [4.78, 5) is 65.4. The van der Waals surface area contributed by atoms with Crippen LogP contribution in [0, 0.1) is 23.2 Å². The van der Waals surface area contributed by atoms with Crippen LogP contribution in [0.25, 0.3) is 0 Å². The summed E-state index contributed by atoms with van der Waals surface area (Å²) in [5, 5.41) is 5.00. The number of nitrogens with two attached hydrogens (primary N) is 1. The van der Waals surface area contributed by atoms with Crippen molar-refractivity contribution in [2.24, 2.45) is 28.9 Å². The molecule has 40 heavy (non-hydrogen) atoms. The van der Waals surface area contributed by atoms with Gasteiger partial charge in [-0.3, -0.25) is 19.2 Å². The lowest BCUT2D eigenvalue weighted by molar-refractivity contribution is -0.147. The van der Waals surface area contributed by atoms with Gasteiger partial charge in [-0.15, -0.1) is 0 Å². The number of rotatable bonds is 9. The normalized spacial score (nSPS) is 25.8. The first-order valence-electron chi connectivity index (χ1n) is 13.8. The topological polar surface area (TPSA) is 148 Å². The van der Waals surface area contributed by atoms with E-state index in [9.17, 15) is 37.1 Å². The van der Waals surface area contributed by atoms with E-state index in [-0.39, 0.29) is 29.7 Å². The summed E-state index contributed by atoms with van der Waals surface area (Å²) in [5.74, 6) is -4.65. The molecule has 1 saturated heterocycles. The molecule has 13 heteroatoms. The Hall–Kier alpha value is -2.86. The van der Waals surface area contributed by atoms with Gasteiger partial charge in [0.15, 0.2) is 0 Å². The summed E-state index contributed by atoms with van der Waals surface area (Å²) in [7, 11) is 0. The average Bonchev–Trinajstić information content (AvgIpc) is 3.15. The van der Waals surface area contributed by atoms with Gasteiger partial charge in [-0.1, -0.05) is 33.1 Å². The fraction of sp³-hybridized carbons (Fsp3) is 0.815. The first-order chi connectivity index (χ1) is 18.3. The molecule has 0 bridgehead atoms. The summed E-state index contributed by atoms with van der Waals surface area (Å²) >= 11 is 0. The number of nitrogens with zero attached hydrogens (tertiary/aromatic N) is 1. The van der Waals surface area contributed by atoms with Crippen LogP contribution in [-0.4, -0.2) is 70.9 Å². The zero-order valence-corrected chi connectivity index (χ0v) is 23.7. The minimum Gasteiger partial charge on any atom is -0.444 e. The number of Topliss-reactive ketones (excluding diaryl/α,β-unsaturated/α-hetero) is 1. The van der Waals surface area contributed by atoms with Gasteiger partial charge in [0, 0.05) is 13.0 Å². The maximum atomic E-state index is 14.0. The number of fused-ring (bicyclic) bond motifs is 1. The summed E-state index contributed by atoms with van der Waals surface area (Å²) < 4.78 is 44.1. The molecule has 1 aliphatic heterocycles. The number of ketones is 1. The lowest BCUT2D eigenvalue weighted by Crippen LogP contribution is -2.59. The van der Waals surface area contributed by atoms with Gasteiger partial charge in [0.05, 0.1) is 6.04 Å². The maximum absolute atomic E-state index is 14.0. The van der Waals surface area contributed by atoms with Crippen LogP contribution >= 0.6 is 0 Å². The Morgan fingerprint density at radius 3 is 2.15 bits per heavy atom. The molecule has 3 fully saturated rings. The van der Waals surface area contributed by atoms with E-state index in [1.165, 1.54) is 4.90 Å². The second kappa shape index (κ2) is 11.6. The second-order valence-electron chi connectivity index (χ2n) is 12.9. The third-order valence-electron chi connectivity index (χ3n) is 8.41. The molecule has 10 nitrogen and oxygen atoms in total. The van der Waals surface area contributed by atoms with Gasteiger partial charge in [-0.2, -0.15) is 13.2 Å². The number of halogens is 3. The van der Waals surface area contributed by atoms with Gasteiger partial charge in [0.25, 0.3) is 5.91 Å². The van der Waals surface area contributed by atoms with Crippen molar-refractivity contribution in [3.8, 4) is 0 Å². The van der Waals surface area contributed by atoms with Crippen LogP contribution in [-0.2, 0) is 23.9 Å². The van der Waals surface area contributed by atoms with E-state index in [0.29, 0.717) is 12.8 Å². The highest BCUT2D eigenvalue weighted by Crippen LogP contribution is 2.65. The number of primary amides is 1. The van der Waals surface area contributed by atoms with Crippen molar-refractivity contribution in [2.45, 2.75) is 109 Å². The van der Waals surface area contributed by atoms with Crippen LogP contribution in [0.15, 0.2) is 0 Å². The predicted octanol–water partition coefficient (Wildman–Crippen LogP) is 2.82. The number of hydrogen-bond acceptors (Lipinski definition) is 6. The molecule has 0 aromatic rings. The van der Waals surface area contributed by atoms with Crippen molar-refractivity contribution in [3.63, 3.8) is 0 Å². The molecular weight excluding hydrogens is 533 g/mol. The lowest BCUT2D eigenvalue weighted by atomic mass is 9.83. The number of alkyl halides is 3. The maximum Gasteiger partial charge on any atom is 0.408 e. The summed E-state index contributed by atoms with van der Waals surface area (Å²) in [5.41, 5.74) is 3.91. The Balaban J connectivity index is 1.86. The molecule has 0 radical (unpaired) electrons. The number of nitrogens with one attached hydrogen (secondary N) is 2. The summed E-state index contributed by atoms with van der Waals surface area (Å²) in [6.07, 6.45) is -3.51. The van der Waals surface area contributed by atoms with Crippen LogP contribution in [0.3, 0.4) is 0 Å². The highest BCUT2D eigenvalue weighted by molar-refractivity contribution is 6.37. The molecular formula is C27H41F3N4O6. The Morgan fingerprint density at radius 1 is 1.02 bits per heavy atom. The third-order valence-corrected chi connectivity index (χ3v) is 8.41. The van der Waals surface area contributed by atoms with Gasteiger partial charge in [-0.05, 0) is 63.2 Å². The Kier molecular flexibility index (Phi) is 9.15. The molecule has 0 aromatic carbocycles. The third kappa shape index (κ3) is 7.45. The van der Waals surface area contributed by atoms with Gasteiger partial charge in [-0.25, -0.2) is 4.79 Å². The Bertz CT molecular complexity index is 1020. The van der Waals surface area contributed by atoms with E-state index in [0.717, 1.165) is 19.3 Å². The van der Waals surface area contributed by atoms with Gasteiger partial charge in [0.2, 0.25) is 17.6 Å². The van der Waals surface area contributed by atoms with Gasteiger partial charge >= 0.3 is 12.3 Å². The fourth-order valence-corrected chi connectivity index (χ4v) is 6.28. The quantitative estimate of drug-likeness (QED) is 0.361. The molecule has 3 rings (SSSR count). The molecule has 4 N–H and O–H groups in total. The largest absolute Gasteiger partial charge is 0.444 e. The van der Waals surface area contributed by atoms with Crippen LogP contribution in [0.1, 0.15) is 79.6 Å². The van der Waals surface area contributed by atoms with E-state index < -0.39 is 72.3 Å². The average molecular weight is 575 g/mol. The Morgan fingerprint density at radius 2 is 1.62 bits per heavy atom. The molecule has 0 aromatic heterocycles. The minimum absolute atomic E-state index is 0.0544. The minimum atomic E-state index is -4.62. The van der Waals surface area contributed by atoms with Crippen LogP contribution < -0.4 is 16.4 Å². The first kappa shape index (κ1) is 31.7. The first-order valence-corrected chi connectivity index (χ1v) is 13.8. The van der Waals surface area contributed by atoms with E-state index >= 15 is 0 Å². The standard InChI is InChI=1S/C27H41F3N4O6/c1-25(2,3)40-24(39)33-18(14-9-7-6-8-10-14)23(38)34-13-15-17(26(15,4)5)19(34)22(37)32-16(20(35)21(31)36)11-12-27(28,29)30/h14-19H,6-13H2,1-5H3,(H2,31,36)(H,32,37)(H,33,39)/t15-,16-,17-,18-,19-/m0/s1. The number of carbonyl (C=O) groups is 5. The van der Waals surface area contributed by atoms with Crippen molar-refractivity contribution >= 4 is 29.6 Å². The van der Waals surface area contributed by atoms with Crippen molar-refractivity contribution in [2.75, 3.05) is 6.54 Å². The van der Waals surface area contributed by atoms with Crippen molar-refractivity contribution in [3.05, 3.63) is 0 Å². The predicted molar refractivity (Wildman–Crippen MR) is 137 cm³/mol. The second-order valence-corrected chi connectivity index (χ2v) is 12.9. The van der Waals surface area contributed by atoms with Gasteiger partial charge < -0.3 is 26.0 Å². The van der Waals surface area contributed by atoms with Crippen molar-refractivity contribution in [1.29, 1.82) is 0 Å². The number of piperidine rings is 1. The fourth-order valence-electron chi connectivity index (χ4n) is 6.28. The molecule has 0 unspecified atom stereocenters. The number of alkyl carbamates (subject to hydrolysis) is 1. The molecule has 5 atom stereocenters. The van der Waals surface area contributed by atoms with Crippen LogP contribution in [0.5, 0.6) is 0 Å². The highest BCUT2D eigenvalue weighted by Gasteiger charge is 2.69. The number of likely N-dealkylation sites (tertiary alicyclic amines) is 1. The summed E-state index contributed by atoms with van der Waals surface area (Å²) in [6.45, 7) is 9.16. The zero-order valence-electron chi connectivity index (χ0n) is 23.7. The molecule has 1 heterocycles. The lowest BCUT2D eigenvalue weighted by Gasteiger charge is -2.37. The van der Waals surface area contributed by atoms with Crippen LogP contribution in [0.2, 0.25) is 0 Å². The number of hydrogen-bond donors (Lipinski definition) is 3. The summed E-state index contributed by atoms with van der Waals surface area (Å²) in [6, 6.07) is -3.83.